The van der Waals surface area contributed by atoms with E-state index in [0.717, 1.165) is 22.2 Å². The van der Waals surface area contributed by atoms with Gasteiger partial charge in [-0.15, -0.1) is 0 Å². The van der Waals surface area contributed by atoms with Crippen LogP contribution in [0.25, 0.3) is 22.2 Å². The summed E-state index contributed by atoms with van der Waals surface area (Å²) in [5.74, 6) is 0. The summed E-state index contributed by atoms with van der Waals surface area (Å²) < 4.78 is 1.99. The van der Waals surface area contributed by atoms with Gasteiger partial charge in [-0.3, -0.25) is 4.98 Å². The van der Waals surface area contributed by atoms with E-state index >= 15 is 0 Å². The van der Waals surface area contributed by atoms with Gasteiger partial charge in [0.25, 0.3) is 0 Å². The number of hydrogen-bond donors (Lipinski definition) is 0. The van der Waals surface area contributed by atoms with E-state index in [-0.39, 0.29) is 0 Å². The monoisotopic (exact) mass is 243 g/mol. The van der Waals surface area contributed by atoms with E-state index in [2.05, 4.69) is 9.97 Å². The van der Waals surface area contributed by atoms with E-state index in [1.807, 2.05) is 42.2 Å². The van der Waals surface area contributed by atoms with Crippen LogP contribution in [-0.2, 0) is 7.05 Å². The van der Waals surface area contributed by atoms with Crippen LogP contribution >= 0.6 is 11.6 Å². The Bertz CT molecular complexity index is 674. The van der Waals surface area contributed by atoms with Crippen LogP contribution in [0.15, 0.2) is 43.0 Å². The summed E-state index contributed by atoms with van der Waals surface area (Å²) in [6.07, 6.45) is 7.32. The number of aryl methyl sites for hydroxylation is 1. The third-order valence-electron chi connectivity index (χ3n) is 2.75. The molecule has 3 aromatic rings. The summed E-state index contributed by atoms with van der Waals surface area (Å²) in [5.41, 5.74) is 3.10. The second-order valence-corrected chi connectivity index (χ2v) is 4.36. The minimum atomic E-state index is 0.647. The van der Waals surface area contributed by atoms with Crippen molar-refractivity contribution < 1.29 is 0 Å². The van der Waals surface area contributed by atoms with Crippen LogP contribution in [0, 0.1) is 0 Å². The molecule has 0 radical (unpaired) electrons. The van der Waals surface area contributed by atoms with Crippen molar-refractivity contribution in [2.24, 2.45) is 7.05 Å². The number of hydrogen-bond acceptors (Lipinski definition) is 2. The molecule has 0 aliphatic rings. The molecule has 0 fully saturated rings. The molecule has 0 atom stereocenters. The predicted octanol–water partition coefficient (Wildman–Crippen LogP) is 3.29. The van der Waals surface area contributed by atoms with Crippen LogP contribution in [0.4, 0.5) is 0 Å². The Balaban J connectivity index is 2.34. The molecule has 17 heavy (non-hydrogen) atoms. The Morgan fingerprint density at radius 2 is 2.18 bits per heavy atom. The first-order chi connectivity index (χ1) is 8.25. The third-order valence-corrected chi connectivity index (χ3v) is 2.96. The summed E-state index contributed by atoms with van der Waals surface area (Å²) >= 11 is 6.00. The van der Waals surface area contributed by atoms with Crippen molar-refractivity contribution >= 4 is 22.6 Å². The Morgan fingerprint density at radius 3 is 2.94 bits per heavy atom. The number of halogens is 1. The molecule has 0 unspecified atom stereocenters. The van der Waals surface area contributed by atoms with E-state index in [4.69, 9.17) is 11.6 Å². The average molecular weight is 244 g/mol. The second-order valence-electron chi connectivity index (χ2n) is 3.92. The lowest BCUT2D eigenvalue weighted by Crippen LogP contribution is -1.86. The molecule has 0 saturated heterocycles. The summed E-state index contributed by atoms with van der Waals surface area (Å²) in [4.78, 5) is 8.47. The van der Waals surface area contributed by atoms with Crippen molar-refractivity contribution in [2.75, 3.05) is 0 Å². The number of aromatic nitrogens is 3. The maximum Gasteiger partial charge on any atom is 0.140 e. The zero-order valence-corrected chi connectivity index (χ0v) is 10.0. The molecule has 84 valence electrons. The van der Waals surface area contributed by atoms with Gasteiger partial charge in [-0.25, -0.2) is 4.98 Å². The van der Waals surface area contributed by atoms with Gasteiger partial charge in [0.05, 0.1) is 5.02 Å². The highest BCUT2D eigenvalue weighted by atomic mass is 35.5. The smallest absolute Gasteiger partial charge is 0.140 e. The molecule has 3 aromatic heterocycles. The fourth-order valence-electron chi connectivity index (χ4n) is 1.99. The van der Waals surface area contributed by atoms with Crippen molar-refractivity contribution in [3.8, 4) is 11.1 Å². The normalized spacial score (nSPS) is 10.9. The minimum Gasteiger partial charge on any atom is -0.335 e. The largest absolute Gasteiger partial charge is 0.335 e. The molecule has 0 saturated carbocycles. The van der Waals surface area contributed by atoms with Gasteiger partial charge in [0.2, 0.25) is 0 Å². The first-order valence-corrected chi connectivity index (χ1v) is 5.64. The zero-order valence-electron chi connectivity index (χ0n) is 9.26. The lowest BCUT2D eigenvalue weighted by Gasteiger charge is -1.98. The van der Waals surface area contributed by atoms with Gasteiger partial charge < -0.3 is 4.57 Å². The van der Waals surface area contributed by atoms with Gasteiger partial charge in [0.15, 0.2) is 0 Å². The van der Waals surface area contributed by atoms with Gasteiger partial charge in [-0.1, -0.05) is 17.7 Å². The van der Waals surface area contributed by atoms with Crippen LogP contribution < -0.4 is 0 Å². The fraction of sp³-hybridized carbons (Fsp3) is 0.0769. The fourth-order valence-corrected chi connectivity index (χ4v) is 2.15. The summed E-state index contributed by atoms with van der Waals surface area (Å²) in [5, 5.41) is 1.70. The molecule has 0 spiro atoms. The third kappa shape index (κ3) is 1.68. The average Bonchev–Trinajstić information content (AvgIpc) is 2.67. The topological polar surface area (TPSA) is 30.7 Å². The molecule has 0 amide bonds. The lowest BCUT2D eigenvalue weighted by molar-refractivity contribution is 0.949. The molecule has 0 aliphatic carbocycles. The van der Waals surface area contributed by atoms with E-state index in [0.29, 0.717) is 5.02 Å². The molecule has 3 nitrogen and oxygen atoms in total. The highest BCUT2D eigenvalue weighted by molar-refractivity contribution is 6.31. The van der Waals surface area contributed by atoms with Crippen LogP contribution in [0.1, 0.15) is 0 Å². The summed E-state index contributed by atoms with van der Waals surface area (Å²) in [7, 11) is 1.98. The molecule has 3 heterocycles. The van der Waals surface area contributed by atoms with Crippen LogP contribution in [0.2, 0.25) is 5.02 Å². The molecule has 0 N–H and O–H groups in total. The number of pyridine rings is 2. The highest BCUT2D eigenvalue weighted by Gasteiger charge is 2.09. The Hall–Kier alpha value is -1.87. The van der Waals surface area contributed by atoms with Crippen molar-refractivity contribution in [1.29, 1.82) is 0 Å². The van der Waals surface area contributed by atoms with E-state index < -0.39 is 0 Å². The highest BCUT2D eigenvalue weighted by Crippen LogP contribution is 2.29. The quantitative estimate of drug-likeness (QED) is 0.657. The molecule has 0 aliphatic heterocycles. The maximum absolute atomic E-state index is 6.00. The molecule has 0 bridgehead atoms. The number of nitrogens with zero attached hydrogens (tertiary/aromatic N) is 3. The SMILES string of the molecule is Cn1cc(-c2cccnc2)c2cc(Cl)cnc21. The Morgan fingerprint density at radius 1 is 1.29 bits per heavy atom. The van der Waals surface area contributed by atoms with Gasteiger partial charge in [-0.2, -0.15) is 0 Å². The summed E-state index contributed by atoms with van der Waals surface area (Å²) in [6.45, 7) is 0. The standard InChI is InChI=1S/C13H10ClN3/c1-17-8-12(9-3-2-4-15-6-9)11-5-10(14)7-16-13(11)17/h2-8H,1H3. The van der Waals surface area contributed by atoms with Gasteiger partial charge in [0, 0.05) is 48.3 Å². The van der Waals surface area contributed by atoms with Crippen molar-refractivity contribution in [2.45, 2.75) is 0 Å². The van der Waals surface area contributed by atoms with E-state index in [1.54, 1.807) is 12.4 Å². The second kappa shape index (κ2) is 3.86. The molecular formula is C13H10ClN3. The van der Waals surface area contributed by atoms with E-state index in [1.165, 1.54) is 0 Å². The molecule has 3 rings (SSSR count). The zero-order chi connectivity index (χ0) is 11.8. The first kappa shape index (κ1) is 10.3. The predicted molar refractivity (Wildman–Crippen MR) is 69.0 cm³/mol. The molecule has 0 aromatic carbocycles. The lowest BCUT2D eigenvalue weighted by atomic mass is 10.1. The minimum absolute atomic E-state index is 0.647. The van der Waals surface area contributed by atoms with Crippen LogP contribution in [0.3, 0.4) is 0 Å². The van der Waals surface area contributed by atoms with Crippen molar-refractivity contribution in [1.82, 2.24) is 14.5 Å². The van der Waals surface area contributed by atoms with Gasteiger partial charge in [-0.05, 0) is 12.1 Å². The van der Waals surface area contributed by atoms with Crippen LogP contribution in [-0.4, -0.2) is 14.5 Å². The maximum atomic E-state index is 6.00. The van der Waals surface area contributed by atoms with Gasteiger partial charge >= 0.3 is 0 Å². The molecule has 4 heteroatoms. The van der Waals surface area contributed by atoms with E-state index in [9.17, 15) is 0 Å². The number of rotatable bonds is 1. The van der Waals surface area contributed by atoms with Crippen molar-refractivity contribution in [3.63, 3.8) is 0 Å². The Labute approximate surface area is 104 Å². The first-order valence-electron chi connectivity index (χ1n) is 5.26. The number of fused-ring (bicyclic) bond motifs is 1. The Kier molecular flexibility index (Phi) is 2.34. The van der Waals surface area contributed by atoms with Gasteiger partial charge in [0.1, 0.15) is 5.65 Å². The van der Waals surface area contributed by atoms with Crippen LogP contribution in [0.5, 0.6) is 0 Å². The summed E-state index contributed by atoms with van der Waals surface area (Å²) in [6, 6.07) is 5.89. The van der Waals surface area contributed by atoms with Crippen molar-refractivity contribution in [3.05, 3.63) is 48.0 Å². The molecular weight excluding hydrogens is 234 g/mol.